The third-order valence-electron chi connectivity index (χ3n) is 6.01. The molecular formula is C22H26ClN5O3S. The largest absolute Gasteiger partial charge is 0.339 e. The first-order chi connectivity index (χ1) is 15.3. The number of aryl methyl sites for hydroxylation is 1. The van der Waals surface area contributed by atoms with Gasteiger partial charge in [0.25, 0.3) is 5.56 Å². The summed E-state index contributed by atoms with van der Waals surface area (Å²) >= 11 is 7.32. The number of aromatic nitrogens is 4. The second-order valence-electron chi connectivity index (χ2n) is 8.21. The molecule has 8 nitrogen and oxygen atoms in total. The minimum Gasteiger partial charge on any atom is -0.339 e. The van der Waals surface area contributed by atoms with Gasteiger partial charge in [-0.2, -0.15) is 0 Å². The summed E-state index contributed by atoms with van der Waals surface area (Å²) in [6, 6.07) is 7.58. The molecule has 0 radical (unpaired) electrons. The lowest BCUT2D eigenvalue weighted by Gasteiger charge is -2.33. The van der Waals surface area contributed by atoms with Crippen molar-refractivity contribution in [1.29, 1.82) is 0 Å². The number of piperidine rings is 1. The van der Waals surface area contributed by atoms with Crippen LogP contribution < -0.4 is 11.2 Å². The highest BCUT2D eigenvalue weighted by Gasteiger charge is 2.25. The Kier molecular flexibility index (Phi) is 6.48. The number of fused-ring (bicyclic) bond motifs is 1. The Balaban J connectivity index is 1.73. The quantitative estimate of drug-likeness (QED) is 0.530. The lowest BCUT2D eigenvalue weighted by Crippen LogP contribution is -2.43. The van der Waals surface area contributed by atoms with Crippen LogP contribution in [0.2, 0.25) is 5.02 Å². The molecule has 1 aliphatic rings. The van der Waals surface area contributed by atoms with Crippen molar-refractivity contribution in [3.63, 3.8) is 0 Å². The predicted molar refractivity (Wildman–Crippen MR) is 127 cm³/mol. The molecule has 2 aromatic heterocycles. The summed E-state index contributed by atoms with van der Waals surface area (Å²) in [6.45, 7) is 3.23. The van der Waals surface area contributed by atoms with E-state index >= 15 is 0 Å². The summed E-state index contributed by atoms with van der Waals surface area (Å²) in [5.41, 5.74) is 0.738. The van der Waals surface area contributed by atoms with Crippen LogP contribution in [-0.4, -0.2) is 47.8 Å². The molecule has 1 fully saturated rings. The normalized spacial score (nSPS) is 16.6. The number of benzene rings is 1. The van der Waals surface area contributed by atoms with Crippen LogP contribution in [0, 0.1) is 0 Å². The summed E-state index contributed by atoms with van der Waals surface area (Å²) < 4.78 is 4.24. The van der Waals surface area contributed by atoms with Gasteiger partial charge in [0.05, 0.1) is 12.3 Å². The Morgan fingerprint density at radius 1 is 1.16 bits per heavy atom. The number of nitrogens with zero attached hydrogens (tertiary/aromatic N) is 5. The SMILES string of the molecule is C[C@@H]1CCCCN1C(=O)CSc1nc2c(c(=O)n(C)c(=O)n2C)n1Cc1ccc(Cl)cc1. The predicted octanol–water partition coefficient (Wildman–Crippen LogP) is 2.63. The fraction of sp³-hybridized carbons (Fsp3) is 0.455. The molecule has 1 amide bonds. The minimum atomic E-state index is -0.437. The van der Waals surface area contributed by atoms with E-state index in [1.54, 1.807) is 23.7 Å². The van der Waals surface area contributed by atoms with Gasteiger partial charge in [0.1, 0.15) is 0 Å². The van der Waals surface area contributed by atoms with E-state index in [1.807, 2.05) is 17.0 Å². The van der Waals surface area contributed by atoms with Gasteiger partial charge in [-0.3, -0.25) is 18.7 Å². The number of hydrogen-bond acceptors (Lipinski definition) is 5. The Hall–Kier alpha value is -2.52. The molecule has 0 saturated carbocycles. The van der Waals surface area contributed by atoms with Crippen LogP contribution in [0.4, 0.5) is 0 Å². The van der Waals surface area contributed by atoms with Crippen LogP contribution in [0.3, 0.4) is 0 Å². The molecule has 170 valence electrons. The second kappa shape index (κ2) is 9.15. The average Bonchev–Trinajstić information content (AvgIpc) is 3.14. The number of hydrogen-bond donors (Lipinski definition) is 0. The number of halogens is 1. The second-order valence-corrected chi connectivity index (χ2v) is 9.58. The van der Waals surface area contributed by atoms with Crippen molar-refractivity contribution >= 4 is 40.4 Å². The van der Waals surface area contributed by atoms with Gasteiger partial charge in [-0.05, 0) is 43.9 Å². The molecule has 3 aromatic rings. The first-order valence-electron chi connectivity index (χ1n) is 10.6. The maximum absolute atomic E-state index is 13.0. The Labute approximate surface area is 194 Å². The van der Waals surface area contributed by atoms with Crippen LogP contribution >= 0.6 is 23.4 Å². The summed E-state index contributed by atoms with van der Waals surface area (Å²) in [7, 11) is 3.05. The third kappa shape index (κ3) is 4.23. The molecule has 4 rings (SSSR count). The topological polar surface area (TPSA) is 82.1 Å². The van der Waals surface area contributed by atoms with Crippen LogP contribution in [0.1, 0.15) is 31.7 Å². The molecule has 0 spiro atoms. The smallest absolute Gasteiger partial charge is 0.332 e. The highest BCUT2D eigenvalue weighted by molar-refractivity contribution is 7.99. The lowest BCUT2D eigenvalue weighted by molar-refractivity contribution is -0.131. The molecule has 0 bridgehead atoms. The number of imidazole rings is 1. The zero-order valence-corrected chi connectivity index (χ0v) is 19.9. The van der Waals surface area contributed by atoms with Crippen molar-refractivity contribution in [2.24, 2.45) is 14.1 Å². The summed E-state index contributed by atoms with van der Waals surface area (Å²) in [5, 5.41) is 1.16. The summed E-state index contributed by atoms with van der Waals surface area (Å²) in [4.78, 5) is 44.8. The summed E-state index contributed by atoms with van der Waals surface area (Å²) in [6.07, 6.45) is 3.18. The van der Waals surface area contributed by atoms with Crippen LogP contribution in [0.15, 0.2) is 39.0 Å². The number of rotatable bonds is 5. The maximum Gasteiger partial charge on any atom is 0.332 e. The van der Waals surface area contributed by atoms with Crippen LogP contribution in [0.5, 0.6) is 0 Å². The molecule has 0 N–H and O–H groups in total. The van der Waals surface area contributed by atoms with E-state index in [0.29, 0.717) is 27.9 Å². The zero-order chi connectivity index (χ0) is 23.0. The molecule has 1 aromatic carbocycles. The van der Waals surface area contributed by atoms with Gasteiger partial charge in [-0.25, -0.2) is 9.78 Å². The molecule has 0 unspecified atom stereocenters. The maximum atomic E-state index is 13.0. The van der Waals surface area contributed by atoms with Gasteiger partial charge >= 0.3 is 5.69 Å². The Bertz CT molecular complexity index is 1280. The van der Waals surface area contributed by atoms with Crippen molar-refractivity contribution in [1.82, 2.24) is 23.6 Å². The highest BCUT2D eigenvalue weighted by atomic mass is 35.5. The molecule has 10 heteroatoms. The van der Waals surface area contributed by atoms with Gasteiger partial charge in [0.2, 0.25) is 5.91 Å². The molecule has 1 atom stereocenters. The zero-order valence-electron chi connectivity index (χ0n) is 18.4. The van der Waals surface area contributed by atoms with E-state index in [-0.39, 0.29) is 17.7 Å². The van der Waals surface area contributed by atoms with Gasteiger partial charge in [-0.15, -0.1) is 0 Å². The molecule has 1 aliphatic heterocycles. The fourth-order valence-electron chi connectivity index (χ4n) is 4.13. The molecule has 0 aliphatic carbocycles. The van der Waals surface area contributed by atoms with Crippen molar-refractivity contribution in [2.75, 3.05) is 12.3 Å². The first-order valence-corrected chi connectivity index (χ1v) is 12.0. The Morgan fingerprint density at radius 2 is 1.88 bits per heavy atom. The Morgan fingerprint density at radius 3 is 2.56 bits per heavy atom. The van der Waals surface area contributed by atoms with Gasteiger partial charge in [0.15, 0.2) is 16.3 Å². The van der Waals surface area contributed by atoms with E-state index in [4.69, 9.17) is 11.6 Å². The van der Waals surface area contributed by atoms with E-state index in [0.717, 1.165) is 35.9 Å². The number of carbonyl (C=O) groups excluding carboxylic acids is 1. The molecule has 1 saturated heterocycles. The van der Waals surface area contributed by atoms with Crippen molar-refractivity contribution in [2.45, 2.75) is 43.9 Å². The van der Waals surface area contributed by atoms with Crippen LogP contribution in [0.25, 0.3) is 11.2 Å². The monoisotopic (exact) mass is 475 g/mol. The van der Waals surface area contributed by atoms with Crippen molar-refractivity contribution in [3.05, 3.63) is 55.7 Å². The van der Waals surface area contributed by atoms with E-state index in [9.17, 15) is 14.4 Å². The standard InChI is InChI=1S/C22H26ClN5O3S/c1-14-6-4-5-11-27(14)17(29)13-32-21-24-19-18(20(30)26(3)22(31)25(19)2)28(21)12-15-7-9-16(23)10-8-15/h7-10,14H,4-6,11-13H2,1-3H3/t14-/m1/s1. The van der Waals surface area contributed by atoms with Crippen molar-refractivity contribution in [3.8, 4) is 0 Å². The van der Waals surface area contributed by atoms with E-state index < -0.39 is 11.2 Å². The first kappa shape index (κ1) is 22.7. The number of likely N-dealkylation sites (tertiary alicyclic amines) is 1. The van der Waals surface area contributed by atoms with Gasteiger partial charge < -0.3 is 9.47 Å². The number of amides is 1. The fourth-order valence-corrected chi connectivity index (χ4v) is 5.14. The van der Waals surface area contributed by atoms with Crippen LogP contribution in [-0.2, 0) is 25.4 Å². The van der Waals surface area contributed by atoms with Crippen molar-refractivity contribution < 1.29 is 4.79 Å². The van der Waals surface area contributed by atoms with Gasteiger partial charge in [-0.1, -0.05) is 35.5 Å². The third-order valence-corrected chi connectivity index (χ3v) is 7.23. The van der Waals surface area contributed by atoms with E-state index in [1.165, 1.54) is 23.4 Å². The average molecular weight is 476 g/mol. The molecular weight excluding hydrogens is 450 g/mol. The number of carbonyl (C=O) groups is 1. The minimum absolute atomic E-state index is 0.0640. The highest BCUT2D eigenvalue weighted by Crippen LogP contribution is 2.25. The molecule has 32 heavy (non-hydrogen) atoms. The summed E-state index contributed by atoms with van der Waals surface area (Å²) in [5.74, 6) is 0.289. The molecule has 3 heterocycles. The van der Waals surface area contributed by atoms with E-state index in [2.05, 4.69) is 11.9 Å². The number of thioether (sulfide) groups is 1. The van der Waals surface area contributed by atoms with Gasteiger partial charge in [0, 0.05) is 31.7 Å². The lowest BCUT2D eigenvalue weighted by atomic mass is 10.0.